The summed E-state index contributed by atoms with van der Waals surface area (Å²) in [6.45, 7) is 1.33. The third kappa shape index (κ3) is 5.06. The fourth-order valence-corrected chi connectivity index (χ4v) is 4.91. The van der Waals surface area contributed by atoms with E-state index in [9.17, 15) is 23.7 Å². The van der Waals surface area contributed by atoms with Gasteiger partial charge in [-0.2, -0.15) is 11.8 Å². The van der Waals surface area contributed by atoms with Crippen LogP contribution in [0.25, 0.3) is 0 Å². The Bertz CT molecular complexity index is 1190. The zero-order chi connectivity index (χ0) is 23.5. The quantitative estimate of drug-likeness (QED) is 0.407. The molecule has 1 fully saturated rings. The van der Waals surface area contributed by atoms with Crippen molar-refractivity contribution < 1.29 is 18.5 Å². The number of nitro groups is 1. The predicted octanol–water partition coefficient (Wildman–Crippen LogP) is 3.35. The molecule has 1 N–H and O–H groups in total. The Hall–Kier alpha value is -3.26. The Morgan fingerprint density at radius 2 is 1.91 bits per heavy atom. The lowest BCUT2D eigenvalue weighted by molar-refractivity contribution is -0.384. The number of amides is 1. The van der Waals surface area contributed by atoms with Gasteiger partial charge in [0.05, 0.1) is 10.5 Å². The fourth-order valence-electron chi connectivity index (χ4n) is 3.17. The van der Waals surface area contributed by atoms with E-state index in [0.717, 1.165) is 29.3 Å². The van der Waals surface area contributed by atoms with Crippen molar-refractivity contribution in [1.29, 1.82) is 0 Å². The topological polar surface area (TPSA) is 119 Å². The Kier molecular flexibility index (Phi) is 6.74. The third-order valence-corrected chi connectivity index (χ3v) is 6.89. The van der Waals surface area contributed by atoms with Crippen LogP contribution in [0.1, 0.15) is 10.4 Å². The molecule has 1 aliphatic rings. The van der Waals surface area contributed by atoms with Crippen LogP contribution in [-0.2, 0) is 7.05 Å². The first-order valence-electron chi connectivity index (χ1n) is 9.65. The number of carbonyl (C=O) groups is 1. The van der Waals surface area contributed by atoms with Crippen LogP contribution in [0.5, 0.6) is 0 Å². The van der Waals surface area contributed by atoms with Gasteiger partial charge in [-0.3, -0.25) is 14.9 Å². The number of carbonyl (C=O) groups excluding carboxylic acids is 1. The van der Waals surface area contributed by atoms with Gasteiger partial charge in [0.25, 0.3) is 11.6 Å². The largest absolute Gasteiger partial charge is 0.370 e. The third-order valence-electron chi connectivity index (χ3n) is 4.84. The van der Waals surface area contributed by atoms with Crippen LogP contribution < -0.4 is 10.2 Å². The number of thioether (sulfide) groups is 1. The molecular formula is C19H17F2N7O3S2. The van der Waals surface area contributed by atoms with E-state index >= 15 is 0 Å². The lowest BCUT2D eigenvalue weighted by Crippen LogP contribution is -2.32. The molecule has 4 rings (SSSR count). The molecule has 172 valence electrons. The molecule has 0 bridgehead atoms. The second-order valence-electron chi connectivity index (χ2n) is 6.96. The zero-order valence-corrected chi connectivity index (χ0v) is 18.8. The molecular weight excluding hydrogens is 476 g/mol. The summed E-state index contributed by atoms with van der Waals surface area (Å²) in [5, 5.41) is 24.8. The minimum Gasteiger partial charge on any atom is -0.370 e. The number of aryl methyl sites for hydroxylation is 1. The van der Waals surface area contributed by atoms with Gasteiger partial charge in [0.15, 0.2) is 11.6 Å². The molecule has 0 atom stereocenters. The number of tetrazole rings is 1. The van der Waals surface area contributed by atoms with Crippen molar-refractivity contribution in [3.05, 3.63) is 57.6 Å². The number of aromatic nitrogens is 4. The van der Waals surface area contributed by atoms with E-state index in [1.165, 1.54) is 28.9 Å². The number of rotatable bonds is 6. The van der Waals surface area contributed by atoms with E-state index in [-0.39, 0.29) is 16.1 Å². The van der Waals surface area contributed by atoms with Gasteiger partial charge >= 0.3 is 0 Å². The standard InChI is InChI=1S/C19H17F2N7O3S2/c1-26-19(23-24-25-26)33-16-3-2-11(28(30)31)8-13(16)18(29)22-17-14(20)9-12(10-15(17)21)27-4-6-32-7-5-27/h2-3,8-10H,4-7H2,1H3,(H,22,29). The van der Waals surface area contributed by atoms with Gasteiger partial charge in [-0.25, -0.2) is 13.5 Å². The SMILES string of the molecule is Cn1nnnc1Sc1ccc([N+](=O)[O-])cc1C(=O)Nc1c(F)cc(N2CCSCC2)cc1F. The first-order valence-corrected chi connectivity index (χ1v) is 11.6. The Balaban J connectivity index is 1.64. The summed E-state index contributed by atoms with van der Waals surface area (Å²) in [4.78, 5) is 25.7. The summed E-state index contributed by atoms with van der Waals surface area (Å²) >= 11 is 2.75. The number of benzene rings is 2. The van der Waals surface area contributed by atoms with Gasteiger partial charge in [-0.05, 0) is 40.4 Å². The van der Waals surface area contributed by atoms with Crippen LogP contribution >= 0.6 is 23.5 Å². The van der Waals surface area contributed by atoms with Crippen molar-refractivity contribution >= 4 is 46.5 Å². The average molecular weight is 494 g/mol. The second kappa shape index (κ2) is 9.70. The zero-order valence-electron chi connectivity index (χ0n) is 17.2. The number of non-ortho nitro benzene ring substituents is 1. The second-order valence-corrected chi connectivity index (χ2v) is 9.20. The minimum atomic E-state index is -0.936. The minimum absolute atomic E-state index is 0.145. The first-order chi connectivity index (χ1) is 15.8. The van der Waals surface area contributed by atoms with Crippen molar-refractivity contribution in [2.24, 2.45) is 7.05 Å². The van der Waals surface area contributed by atoms with Crippen molar-refractivity contribution in [3.8, 4) is 0 Å². The molecule has 1 aromatic heterocycles. The number of hydrogen-bond acceptors (Lipinski definition) is 9. The van der Waals surface area contributed by atoms with Crippen LogP contribution in [-0.4, -0.2) is 55.6 Å². The van der Waals surface area contributed by atoms with E-state index < -0.39 is 28.2 Å². The van der Waals surface area contributed by atoms with Crippen LogP contribution in [0.4, 0.5) is 25.8 Å². The van der Waals surface area contributed by atoms with Gasteiger partial charge in [0.1, 0.15) is 5.69 Å². The van der Waals surface area contributed by atoms with E-state index in [4.69, 9.17) is 0 Å². The van der Waals surface area contributed by atoms with Gasteiger partial charge in [-0.15, -0.1) is 5.10 Å². The highest BCUT2D eigenvalue weighted by molar-refractivity contribution is 7.99. The van der Waals surface area contributed by atoms with Crippen molar-refractivity contribution in [2.45, 2.75) is 10.1 Å². The lowest BCUT2D eigenvalue weighted by atomic mass is 10.1. The molecule has 1 saturated heterocycles. The summed E-state index contributed by atoms with van der Waals surface area (Å²) in [7, 11) is 1.58. The molecule has 1 amide bonds. The molecule has 3 aromatic rings. The van der Waals surface area contributed by atoms with Crippen LogP contribution in [0.3, 0.4) is 0 Å². The smallest absolute Gasteiger partial charge is 0.270 e. The Morgan fingerprint density at radius 3 is 2.52 bits per heavy atom. The highest BCUT2D eigenvalue weighted by Gasteiger charge is 2.23. The highest BCUT2D eigenvalue weighted by Crippen LogP contribution is 2.33. The summed E-state index contributed by atoms with van der Waals surface area (Å²) in [6.07, 6.45) is 0. The maximum absolute atomic E-state index is 14.8. The molecule has 10 nitrogen and oxygen atoms in total. The number of nitrogens with one attached hydrogen (secondary N) is 1. The monoisotopic (exact) mass is 493 g/mol. The van der Waals surface area contributed by atoms with Gasteiger partial charge in [-0.1, -0.05) is 0 Å². The highest BCUT2D eigenvalue weighted by atomic mass is 32.2. The molecule has 2 heterocycles. The summed E-state index contributed by atoms with van der Waals surface area (Å²) < 4.78 is 30.9. The van der Waals surface area contributed by atoms with Crippen molar-refractivity contribution in [1.82, 2.24) is 20.2 Å². The maximum Gasteiger partial charge on any atom is 0.270 e. The fraction of sp³-hybridized carbons (Fsp3) is 0.263. The van der Waals surface area contributed by atoms with Gasteiger partial charge in [0, 0.05) is 54.4 Å². The maximum atomic E-state index is 14.8. The first kappa shape index (κ1) is 22.9. The van der Waals surface area contributed by atoms with Crippen LogP contribution in [0.2, 0.25) is 0 Å². The molecule has 33 heavy (non-hydrogen) atoms. The summed E-state index contributed by atoms with van der Waals surface area (Å²) in [6, 6.07) is 5.95. The molecule has 0 spiro atoms. The molecule has 0 aliphatic carbocycles. The Morgan fingerprint density at radius 1 is 1.21 bits per heavy atom. The Labute approximate surface area is 194 Å². The van der Waals surface area contributed by atoms with Gasteiger partial charge in [0.2, 0.25) is 5.16 Å². The number of anilines is 2. The number of nitrogens with zero attached hydrogens (tertiary/aromatic N) is 6. The molecule has 14 heteroatoms. The average Bonchev–Trinajstić information content (AvgIpc) is 3.21. The molecule has 2 aromatic carbocycles. The van der Waals surface area contributed by atoms with E-state index in [2.05, 4.69) is 20.8 Å². The number of nitro benzene ring substituents is 1. The van der Waals surface area contributed by atoms with E-state index in [1.807, 2.05) is 4.90 Å². The van der Waals surface area contributed by atoms with Crippen molar-refractivity contribution in [3.63, 3.8) is 0 Å². The predicted molar refractivity (Wildman–Crippen MR) is 120 cm³/mol. The molecule has 0 saturated carbocycles. The molecule has 1 aliphatic heterocycles. The number of hydrogen-bond donors (Lipinski definition) is 1. The van der Waals surface area contributed by atoms with E-state index in [1.54, 1.807) is 18.8 Å². The normalized spacial score (nSPS) is 13.7. The van der Waals surface area contributed by atoms with Gasteiger partial charge < -0.3 is 10.2 Å². The molecule has 0 unspecified atom stereocenters. The van der Waals surface area contributed by atoms with Crippen LogP contribution in [0, 0.1) is 21.7 Å². The molecule has 0 radical (unpaired) electrons. The van der Waals surface area contributed by atoms with E-state index in [0.29, 0.717) is 23.9 Å². The number of halogens is 2. The lowest BCUT2D eigenvalue weighted by Gasteiger charge is -2.28. The van der Waals surface area contributed by atoms with Crippen LogP contribution in [0.15, 0.2) is 40.4 Å². The summed E-state index contributed by atoms with van der Waals surface area (Å²) in [5.41, 5.74) is -0.726. The van der Waals surface area contributed by atoms with Crippen molar-refractivity contribution in [2.75, 3.05) is 34.8 Å². The summed E-state index contributed by atoms with van der Waals surface area (Å²) in [5.74, 6) is -1.06.